The summed E-state index contributed by atoms with van der Waals surface area (Å²) in [6, 6.07) is 14.4. The van der Waals surface area contributed by atoms with Crippen LogP contribution < -0.4 is 0 Å². The minimum Gasteiger partial charge on any atom is -0.335 e. The molecular formula is C21H18ClFN2OS. The van der Waals surface area contributed by atoms with Gasteiger partial charge in [-0.15, -0.1) is 11.3 Å². The Labute approximate surface area is 166 Å². The van der Waals surface area contributed by atoms with Crippen LogP contribution in [0.15, 0.2) is 53.9 Å². The summed E-state index contributed by atoms with van der Waals surface area (Å²) >= 11 is 7.71. The average molecular weight is 401 g/mol. The fourth-order valence-electron chi connectivity index (χ4n) is 3.02. The molecule has 1 fully saturated rings. The van der Waals surface area contributed by atoms with Crippen LogP contribution in [-0.4, -0.2) is 21.8 Å². The van der Waals surface area contributed by atoms with Gasteiger partial charge < -0.3 is 4.90 Å². The molecule has 3 nitrogen and oxygen atoms in total. The topological polar surface area (TPSA) is 33.2 Å². The minimum atomic E-state index is -0.273. The molecule has 1 amide bonds. The first-order valence-corrected chi connectivity index (χ1v) is 10.1. The monoisotopic (exact) mass is 400 g/mol. The summed E-state index contributed by atoms with van der Waals surface area (Å²) in [5.41, 5.74) is 2.14. The number of thiazole rings is 1. The quantitative estimate of drug-likeness (QED) is 0.559. The summed E-state index contributed by atoms with van der Waals surface area (Å²) in [6.45, 7) is 0.303. The first kappa shape index (κ1) is 18.1. The fourth-order valence-corrected chi connectivity index (χ4v) is 4.16. The van der Waals surface area contributed by atoms with E-state index in [4.69, 9.17) is 11.6 Å². The highest BCUT2D eigenvalue weighted by molar-refractivity contribution is 7.13. The Hall–Kier alpha value is -2.24. The van der Waals surface area contributed by atoms with Crippen molar-refractivity contribution in [2.75, 3.05) is 0 Å². The summed E-state index contributed by atoms with van der Waals surface area (Å²) in [7, 11) is 0. The molecule has 1 aliphatic carbocycles. The van der Waals surface area contributed by atoms with Crippen LogP contribution in [0.1, 0.15) is 24.1 Å². The van der Waals surface area contributed by atoms with Gasteiger partial charge in [-0.3, -0.25) is 4.79 Å². The first-order chi connectivity index (χ1) is 13.1. The van der Waals surface area contributed by atoms with Gasteiger partial charge in [0.2, 0.25) is 5.91 Å². The number of amides is 1. The Morgan fingerprint density at radius 1 is 1.19 bits per heavy atom. The Balaban J connectivity index is 1.49. The van der Waals surface area contributed by atoms with Crippen LogP contribution in [-0.2, 0) is 17.8 Å². The third-order valence-electron chi connectivity index (χ3n) is 4.59. The number of halogens is 2. The number of rotatable bonds is 6. The molecule has 6 heteroatoms. The Morgan fingerprint density at radius 3 is 2.67 bits per heavy atom. The molecule has 1 aromatic heterocycles. The van der Waals surface area contributed by atoms with Gasteiger partial charge in [-0.2, -0.15) is 0 Å². The predicted molar refractivity (Wildman–Crippen MR) is 106 cm³/mol. The van der Waals surface area contributed by atoms with Gasteiger partial charge >= 0.3 is 0 Å². The highest BCUT2D eigenvalue weighted by atomic mass is 35.5. The summed E-state index contributed by atoms with van der Waals surface area (Å²) in [4.78, 5) is 19.2. The largest absolute Gasteiger partial charge is 0.335 e. The van der Waals surface area contributed by atoms with E-state index >= 15 is 0 Å². The zero-order chi connectivity index (χ0) is 18.8. The highest BCUT2D eigenvalue weighted by Crippen LogP contribution is 2.32. The van der Waals surface area contributed by atoms with Gasteiger partial charge in [0.05, 0.1) is 17.1 Å². The molecule has 0 N–H and O–H groups in total. The van der Waals surface area contributed by atoms with Crippen LogP contribution in [0.2, 0.25) is 5.02 Å². The molecular weight excluding hydrogens is 383 g/mol. The Bertz CT molecular complexity index is 970. The Kier molecular flexibility index (Phi) is 5.23. The highest BCUT2D eigenvalue weighted by Gasteiger charge is 2.33. The van der Waals surface area contributed by atoms with Gasteiger partial charge in [0.1, 0.15) is 10.8 Å². The Morgan fingerprint density at radius 2 is 1.93 bits per heavy atom. The fraction of sp³-hybridized carbons (Fsp3) is 0.238. The minimum absolute atomic E-state index is 0.0169. The lowest BCUT2D eigenvalue weighted by Gasteiger charge is -2.22. The first-order valence-electron chi connectivity index (χ1n) is 8.84. The van der Waals surface area contributed by atoms with Gasteiger partial charge in [0.25, 0.3) is 0 Å². The number of aromatic nitrogens is 1. The van der Waals surface area contributed by atoms with E-state index in [9.17, 15) is 9.18 Å². The van der Waals surface area contributed by atoms with Crippen LogP contribution in [0.5, 0.6) is 0 Å². The van der Waals surface area contributed by atoms with Crippen molar-refractivity contribution in [3.63, 3.8) is 0 Å². The van der Waals surface area contributed by atoms with Crippen LogP contribution in [0.25, 0.3) is 10.6 Å². The molecule has 0 spiro atoms. The number of hydrogen-bond acceptors (Lipinski definition) is 3. The van der Waals surface area contributed by atoms with E-state index in [-0.39, 0.29) is 24.2 Å². The molecule has 1 heterocycles. The van der Waals surface area contributed by atoms with Crippen molar-refractivity contribution in [2.45, 2.75) is 31.8 Å². The molecule has 0 bridgehead atoms. The molecule has 2 aromatic carbocycles. The van der Waals surface area contributed by atoms with E-state index < -0.39 is 0 Å². The van der Waals surface area contributed by atoms with Crippen LogP contribution in [0.3, 0.4) is 0 Å². The van der Waals surface area contributed by atoms with Crippen molar-refractivity contribution >= 4 is 28.8 Å². The maximum Gasteiger partial charge on any atom is 0.229 e. The summed E-state index contributed by atoms with van der Waals surface area (Å²) in [5, 5.41) is 3.34. The summed E-state index contributed by atoms with van der Waals surface area (Å²) in [6.07, 6.45) is 2.16. The lowest BCUT2D eigenvalue weighted by Crippen LogP contribution is -2.34. The van der Waals surface area contributed by atoms with Gasteiger partial charge in [-0.1, -0.05) is 48.0 Å². The van der Waals surface area contributed by atoms with Crippen LogP contribution >= 0.6 is 22.9 Å². The van der Waals surface area contributed by atoms with E-state index in [1.807, 2.05) is 29.6 Å². The van der Waals surface area contributed by atoms with E-state index in [2.05, 4.69) is 4.98 Å². The molecule has 0 saturated heterocycles. The molecule has 3 aromatic rings. The maximum atomic E-state index is 14.0. The van der Waals surface area contributed by atoms with E-state index in [1.54, 1.807) is 23.1 Å². The number of carbonyl (C=O) groups excluding carboxylic acids is 1. The second kappa shape index (κ2) is 7.79. The van der Waals surface area contributed by atoms with Crippen molar-refractivity contribution in [2.24, 2.45) is 0 Å². The predicted octanol–water partition coefficient (Wildman–Crippen LogP) is 5.34. The number of nitrogens with zero attached hydrogens (tertiary/aromatic N) is 2. The number of hydrogen-bond donors (Lipinski definition) is 0. The van der Waals surface area contributed by atoms with Crippen molar-refractivity contribution in [3.05, 3.63) is 76.0 Å². The normalized spacial score (nSPS) is 13.6. The number of carbonyl (C=O) groups is 1. The molecule has 27 heavy (non-hydrogen) atoms. The van der Waals surface area contributed by atoms with Gasteiger partial charge in [-0.25, -0.2) is 9.37 Å². The van der Waals surface area contributed by atoms with E-state index in [0.717, 1.165) is 29.1 Å². The molecule has 1 aliphatic rings. The second-order valence-electron chi connectivity index (χ2n) is 6.64. The SMILES string of the molecule is O=C(Cc1csc(-c2ccccc2Cl)n1)N(Cc1ccccc1F)C1CC1. The molecule has 4 rings (SSSR count). The van der Waals surface area contributed by atoms with Crippen molar-refractivity contribution < 1.29 is 9.18 Å². The smallest absolute Gasteiger partial charge is 0.229 e. The molecule has 0 aliphatic heterocycles. The average Bonchev–Trinajstić information content (AvgIpc) is 3.40. The third kappa shape index (κ3) is 4.20. The van der Waals surface area contributed by atoms with Crippen LogP contribution in [0, 0.1) is 5.82 Å². The standard InChI is InChI=1S/C21H18ClFN2OS/c22-18-7-3-2-6-17(18)21-24-15(13-27-21)11-20(26)25(16-9-10-16)12-14-5-1-4-8-19(14)23/h1-8,13,16H,9-12H2. The van der Waals surface area contributed by atoms with E-state index in [1.165, 1.54) is 17.4 Å². The molecule has 1 saturated carbocycles. The summed E-state index contributed by atoms with van der Waals surface area (Å²) < 4.78 is 14.0. The second-order valence-corrected chi connectivity index (χ2v) is 7.91. The van der Waals surface area contributed by atoms with Gasteiger partial charge in [-0.05, 0) is 25.0 Å². The summed E-state index contributed by atoms with van der Waals surface area (Å²) in [5.74, 6) is -0.289. The van der Waals surface area contributed by atoms with Crippen molar-refractivity contribution in [3.8, 4) is 10.6 Å². The molecule has 138 valence electrons. The van der Waals surface area contributed by atoms with E-state index in [0.29, 0.717) is 17.1 Å². The third-order valence-corrected chi connectivity index (χ3v) is 5.85. The van der Waals surface area contributed by atoms with Crippen LogP contribution in [0.4, 0.5) is 4.39 Å². The zero-order valence-electron chi connectivity index (χ0n) is 14.6. The van der Waals surface area contributed by atoms with Gasteiger partial charge in [0, 0.05) is 29.1 Å². The van der Waals surface area contributed by atoms with Gasteiger partial charge in [0.15, 0.2) is 0 Å². The number of benzene rings is 2. The lowest BCUT2D eigenvalue weighted by atomic mass is 10.2. The molecule has 0 unspecified atom stereocenters. The lowest BCUT2D eigenvalue weighted by molar-refractivity contribution is -0.131. The zero-order valence-corrected chi connectivity index (χ0v) is 16.1. The van der Waals surface area contributed by atoms with Crippen molar-refractivity contribution in [1.29, 1.82) is 0 Å². The maximum absolute atomic E-state index is 14.0. The van der Waals surface area contributed by atoms with Crippen molar-refractivity contribution in [1.82, 2.24) is 9.88 Å². The molecule has 0 atom stereocenters. The molecule has 0 radical (unpaired) electrons.